The minimum absolute atomic E-state index is 0.0166. The fourth-order valence-corrected chi connectivity index (χ4v) is 1.14. The fourth-order valence-electron chi connectivity index (χ4n) is 1.14. The molecule has 0 bridgehead atoms. The van der Waals surface area contributed by atoms with Crippen LogP contribution in [0.4, 0.5) is 0 Å². The van der Waals surface area contributed by atoms with Crippen LogP contribution in [0.2, 0.25) is 0 Å². The minimum Gasteiger partial charge on any atom is -0.380 e. The predicted octanol–water partition coefficient (Wildman–Crippen LogP) is 0.444. The Kier molecular flexibility index (Phi) is 4.03. The van der Waals surface area contributed by atoms with E-state index in [-0.39, 0.29) is 6.10 Å². The third kappa shape index (κ3) is 2.78. The molecule has 3 N–H and O–H groups in total. The second-order valence-electron chi connectivity index (χ2n) is 3.59. The quantitative estimate of drug-likeness (QED) is 0.720. The third-order valence-corrected chi connectivity index (χ3v) is 2.08. The van der Waals surface area contributed by atoms with Crippen LogP contribution in [0.1, 0.15) is 31.4 Å². The van der Waals surface area contributed by atoms with Gasteiger partial charge in [0.25, 0.3) is 0 Å². The second kappa shape index (κ2) is 5.07. The molecule has 0 saturated carbocycles. The maximum absolute atomic E-state index is 5.51. The largest absolute Gasteiger partial charge is 0.380 e. The summed E-state index contributed by atoms with van der Waals surface area (Å²) in [5, 5.41) is 6.99. The molecule has 1 aromatic rings. The third-order valence-electron chi connectivity index (χ3n) is 2.08. The maximum atomic E-state index is 5.51. The van der Waals surface area contributed by atoms with Crippen LogP contribution >= 0.6 is 0 Å². The van der Waals surface area contributed by atoms with Crippen LogP contribution in [0.3, 0.4) is 0 Å². The molecule has 1 rings (SSSR count). The number of H-pyrrole nitrogens is 1. The van der Waals surface area contributed by atoms with Crippen molar-refractivity contribution in [3.05, 3.63) is 11.6 Å². The van der Waals surface area contributed by atoms with Gasteiger partial charge in [0.1, 0.15) is 5.82 Å². The summed E-state index contributed by atoms with van der Waals surface area (Å²) in [4.78, 5) is 4.34. The highest BCUT2D eigenvalue weighted by atomic mass is 16.5. The molecule has 14 heavy (non-hydrogen) atoms. The molecular weight excluding hydrogens is 180 g/mol. The molecule has 80 valence electrons. The lowest BCUT2D eigenvalue weighted by Crippen LogP contribution is -2.25. The molecule has 0 saturated heterocycles. The van der Waals surface area contributed by atoms with Crippen molar-refractivity contribution in [1.29, 1.82) is 0 Å². The molecular formula is C9H18N4O. The zero-order valence-electron chi connectivity index (χ0n) is 8.95. The Balaban J connectivity index is 2.58. The highest BCUT2D eigenvalue weighted by molar-refractivity contribution is 4.96. The van der Waals surface area contributed by atoms with Gasteiger partial charge in [-0.1, -0.05) is 13.8 Å². The second-order valence-corrected chi connectivity index (χ2v) is 3.59. The number of hydrogen-bond acceptors (Lipinski definition) is 4. The first-order chi connectivity index (χ1) is 6.67. The van der Waals surface area contributed by atoms with Crippen LogP contribution in [0, 0.1) is 0 Å². The maximum Gasteiger partial charge on any atom is 0.153 e. The van der Waals surface area contributed by atoms with E-state index in [2.05, 4.69) is 29.0 Å². The topological polar surface area (TPSA) is 76.8 Å². The van der Waals surface area contributed by atoms with E-state index in [0.717, 1.165) is 11.6 Å². The molecule has 0 radical (unpaired) electrons. The molecule has 0 aromatic carbocycles. The summed E-state index contributed by atoms with van der Waals surface area (Å²) in [5.41, 5.74) is 5.51. The van der Waals surface area contributed by atoms with E-state index < -0.39 is 0 Å². The highest BCUT2D eigenvalue weighted by Gasteiger charge is 2.11. The number of nitrogens with two attached hydrogens (primary N) is 1. The van der Waals surface area contributed by atoms with Gasteiger partial charge in [-0.2, -0.15) is 5.10 Å². The first-order valence-electron chi connectivity index (χ1n) is 4.81. The fraction of sp³-hybridized carbons (Fsp3) is 0.778. The van der Waals surface area contributed by atoms with Gasteiger partial charge in [-0.3, -0.25) is 5.10 Å². The number of nitrogens with one attached hydrogen (secondary N) is 1. The number of methoxy groups -OCH3 is 1. The summed E-state index contributed by atoms with van der Waals surface area (Å²) in [6.45, 7) is 4.61. The molecule has 1 atom stereocenters. The Labute approximate surface area is 84.1 Å². The Morgan fingerprint density at radius 3 is 2.64 bits per heavy atom. The van der Waals surface area contributed by atoms with Gasteiger partial charge in [0.2, 0.25) is 0 Å². The van der Waals surface area contributed by atoms with E-state index >= 15 is 0 Å². The Morgan fingerprint density at radius 1 is 1.50 bits per heavy atom. The lowest BCUT2D eigenvalue weighted by molar-refractivity contribution is 0.108. The van der Waals surface area contributed by atoms with Crippen molar-refractivity contribution in [2.24, 2.45) is 5.73 Å². The number of aromatic amines is 1. The number of ether oxygens (including phenoxy) is 1. The van der Waals surface area contributed by atoms with Crippen LogP contribution in [0.25, 0.3) is 0 Å². The molecule has 1 unspecified atom stereocenters. The first kappa shape index (κ1) is 11.1. The minimum atomic E-state index is 0.0166. The molecule has 0 amide bonds. The molecule has 0 spiro atoms. The molecule has 5 heteroatoms. The Bertz CT molecular complexity index is 268. The molecule has 1 heterocycles. The van der Waals surface area contributed by atoms with E-state index in [1.807, 2.05) is 0 Å². The molecule has 0 fully saturated rings. The van der Waals surface area contributed by atoms with Gasteiger partial charge in [-0.25, -0.2) is 4.98 Å². The SMILES string of the molecule is COC(CN)Cc1nc(C(C)C)n[nH]1. The lowest BCUT2D eigenvalue weighted by atomic mass is 10.2. The van der Waals surface area contributed by atoms with Crippen molar-refractivity contribution in [3.63, 3.8) is 0 Å². The van der Waals surface area contributed by atoms with Crippen LogP contribution in [-0.2, 0) is 11.2 Å². The van der Waals surface area contributed by atoms with E-state index in [1.54, 1.807) is 7.11 Å². The molecule has 1 aromatic heterocycles. The number of aromatic nitrogens is 3. The first-order valence-corrected chi connectivity index (χ1v) is 4.81. The van der Waals surface area contributed by atoms with E-state index in [9.17, 15) is 0 Å². The average molecular weight is 198 g/mol. The monoisotopic (exact) mass is 198 g/mol. The Hall–Kier alpha value is -0.940. The van der Waals surface area contributed by atoms with Gasteiger partial charge in [0.05, 0.1) is 6.10 Å². The number of hydrogen-bond donors (Lipinski definition) is 2. The average Bonchev–Trinajstić information content (AvgIpc) is 2.62. The van der Waals surface area contributed by atoms with Crippen LogP contribution < -0.4 is 5.73 Å². The number of rotatable bonds is 5. The summed E-state index contributed by atoms with van der Waals surface area (Å²) >= 11 is 0. The van der Waals surface area contributed by atoms with E-state index in [4.69, 9.17) is 10.5 Å². The summed E-state index contributed by atoms with van der Waals surface area (Å²) in [5.74, 6) is 2.02. The van der Waals surface area contributed by atoms with E-state index in [1.165, 1.54) is 0 Å². The smallest absolute Gasteiger partial charge is 0.153 e. The molecule has 5 nitrogen and oxygen atoms in total. The van der Waals surface area contributed by atoms with Crippen LogP contribution in [0.15, 0.2) is 0 Å². The highest BCUT2D eigenvalue weighted by Crippen LogP contribution is 2.08. The number of nitrogens with zero attached hydrogens (tertiary/aromatic N) is 2. The van der Waals surface area contributed by atoms with Crippen molar-refractivity contribution in [2.45, 2.75) is 32.3 Å². The Morgan fingerprint density at radius 2 is 2.21 bits per heavy atom. The van der Waals surface area contributed by atoms with Gasteiger partial charge in [-0.15, -0.1) is 0 Å². The standard InChI is InChI=1S/C9H18N4O/c1-6(2)9-11-8(12-13-9)4-7(5-10)14-3/h6-7H,4-5,10H2,1-3H3,(H,11,12,13). The van der Waals surface area contributed by atoms with Gasteiger partial charge >= 0.3 is 0 Å². The normalized spacial score (nSPS) is 13.5. The van der Waals surface area contributed by atoms with Gasteiger partial charge < -0.3 is 10.5 Å². The van der Waals surface area contributed by atoms with Crippen molar-refractivity contribution in [3.8, 4) is 0 Å². The predicted molar refractivity (Wildman–Crippen MR) is 54.0 cm³/mol. The molecule has 0 aliphatic rings. The zero-order valence-corrected chi connectivity index (χ0v) is 8.95. The van der Waals surface area contributed by atoms with Crippen molar-refractivity contribution < 1.29 is 4.74 Å². The summed E-state index contributed by atoms with van der Waals surface area (Å²) in [6, 6.07) is 0. The summed E-state index contributed by atoms with van der Waals surface area (Å²) in [6.07, 6.45) is 0.704. The molecule has 0 aliphatic heterocycles. The zero-order chi connectivity index (χ0) is 10.6. The summed E-state index contributed by atoms with van der Waals surface area (Å²) in [7, 11) is 1.65. The van der Waals surface area contributed by atoms with Gasteiger partial charge in [0, 0.05) is 26.0 Å². The van der Waals surface area contributed by atoms with Gasteiger partial charge in [-0.05, 0) is 0 Å². The van der Waals surface area contributed by atoms with Crippen molar-refractivity contribution in [1.82, 2.24) is 15.2 Å². The van der Waals surface area contributed by atoms with Crippen molar-refractivity contribution >= 4 is 0 Å². The summed E-state index contributed by atoms with van der Waals surface area (Å²) < 4.78 is 5.16. The molecule has 0 aliphatic carbocycles. The van der Waals surface area contributed by atoms with E-state index in [0.29, 0.717) is 18.9 Å². The lowest BCUT2D eigenvalue weighted by Gasteiger charge is -2.09. The van der Waals surface area contributed by atoms with Crippen LogP contribution in [0.5, 0.6) is 0 Å². The van der Waals surface area contributed by atoms with Crippen molar-refractivity contribution in [2.75, 3.05) is 13.7 Å². The van der Waals surface area contributed by atoms with Gasteiger partial charge in [0.15, 0.2) is 5.82 Å². The van der Waals surface area contributed by atoms with Crippen LogP contribution in [-0.4, -0.2) is 34.9 Å².